The lowest BCUT2D eigenvalue weighted by Gasteiger charge is -2.15. The number of carbonyl (C=O) groups excluding carboxylic acids is 1. The summed E-state index contributed by atoms with van der Waals surface area (Å²) >= 11 is 0. The molecule has 144 valence electrons. The topological polar surface area (TPSA) is 111 Å². The number of carbonyl (C=O) groups is 1. The van der Waals surface area contributed by atoms with Gasteiger partial charge in [0.25, 0.3) is 11.5 Å². The number of nitrogens with zero attached hydrogens (tertiary/aromatic N) is 7. The van der Waals surface area contributed by atoms with Crippen molar-refractivity contribution in [3.63, 3.8) is 0 Å². The molecule has 1 aliphatic heterocycles. The second-order valence-corrected chi connectivity index (χ2v) is 6.43. The first-order valence-electron chi connectivity index (χ1n) is 9.16. The largest absolute Gasteiger partial charge is 0.355 e. The van der Waals surface area contributed by atoms with E-state index in [2.05, 4.69) is 30.6 Å². The number of hydrogen-bond donors (Lipinski definition) is 1. The van der Waals surface area contributed by atoms with Crippen molar-refractivity contribution in [3.8, 4) is 5.82 Å². The van der Waals surface area contributed by atoms with Crippen molar-refractivity contribution in [3.05, 3.63) is 58.8 Å². The van der Waals surface area contributed by atoms with Crippen molar-refractivity contribution in [2.24, 2.45) is 0 Å². The molecule has 3 aromatic heterocycles. The van der Waals surface area contributed by atoms with Crippen LogP contribution in [0.25, 0.3) is 5.82 Å². The first-order chi connectivity index (χ1) is 13.7. The average molecular weight is 380 g/mol. The molecule has 0 atom stereocenters. The maximum atomic E-state index is 12.3. The van der Waals surface area contributed by atoms with Gasteiger partial charge < -0.3 is 10.2 Å². The Morgan fingerprint density at radius 2 is 1.89 bits per heavy atom. The second-order valence-electron chi connectivity index (χ2n) is 6.43. The normalized spacial score (nSPS) is 13.6. The van der Waals surface area contributed by atoms with Gasteiger partial charge in [-0.25, -0.2) is 9.36 Å². The molecule has 3 aromatic rings. The molecular formula is C18H20N8O2. The number of amides is 1. The molecule has 4 heterocycles. The summed E-state index contributed by atoms with van der Waals surface area (Å²) in [6, 6.07) is 8.27. The molecule has 28 heavy (non-hydrogen) atoms. The van der Waals surface area contributed by atoms with E-state index < -0.39 is 0 Å². The minimum absolute atomic E-state index is 0.235. The van der Waals surface area contributed by atoms with E-state index in [4.69, 9.17) is 0 Å². The van der Waals surface area contributed by atoms with Crippen molar-refractivity contribution in [1.29, 1.82) is 0 Å². The van der Waals surface area contributed by atoms with Gasteiger partial charge in [0.15, 0.2) is 17.3 Å². The van der Waals surface area contributed by atoms with Crippen LogP contribution in [0.1, 0.15) is 23.3 Å². The Morgan fingerprint density at radius 1 is 1.07 bits per heavy atom. The Morgan fingerprint density at radius 3 is 2.61 bits per heavy atom. The predicted molar refractivity (Wildman–Crippen MR) is 101 cm³/mol. The Balaban J connectivity index is 1.35. The van der Waals surface area contributed by atoms with Crippen LogP contribution in [-0.2, 0) is 6.54 Å². The molecule has 4 rings (SSSR count). The fourth-order valence-corrected chi connectivity index (χ4v) is 3.05. The third-order valence-corrected chi connectivity index (χ3v) is 4.51. The molecule has 10 nitrogen and oxygen atoms in total. The molecule has 1 aliphatic rings. The average Bonchev–Trinajstić information content (AvgIpc) is 3.44. The molecule has 1 N–H and O–H groups in total. The van der Waals surface area contributed by atoms with Gasteiger partial charge in [0.05, 0.1) is 6.54 Å². The number of aromatic nitrogens is 6. The number of anilines is 1. The summed E-state index contributed by atoms with van der Waals surface area (Å²) in [6.07, 6.45) is 5.68. The molecule has 1 fully saturated rings. The Bertz CT molecular complexity index is 991. The molecule has 0 aliphatic carbocycles. The molecule has 0 saturated carbocycles. The van der Waals surface area contributed by atoms with Crippen LogP contribution in [0.3, 0.4) is 0 Å². The van der Waals surface area contributed by atoms with E-state index in [1.807, 2.05) is 6.07 Å². The van der Waals surface area contributed by atoms with E-state index in [0.29, 0.717) is 5.82 Å². The lowest BCUT2D eigenvalue weighted by Crippen LogP contribution is -2.32. The summed E-state index contributed by atoms with van der Waals surface area (Å²) in [5, 5.41) is 19.2. The van der Waals surface area contributed by atoms with Crippen LogP contribution in [0.15, 0.2) is 47.5 Å². The third kappa shape index (κ3) is 3.90. The predicted octanol–water partition coefficient (Wildman–Crippen LogP) is 0.249. The maximum Gasteiger partial charge on any atom is 0.271 e. The molecule has 10 heteroatoms. The minimum atomic E-state index is -0.336. The zero-order chi connectivity index (χ0) is 19.3. The van der Waals surface area contributed by atoms with E-state index >= 15 is 0 Å². The van der Waals surface area contributed by atoms with Gasteiger partial charge in [0.1, 0.15) is 0 Å². The third-order valence-electron chi connectivity index (χ3n) is 4.51. The lowest BCUT2D eigenvalue weighted by atomic mass is 10.3. The first kappa shape index (κ1) is 17.8. The number of nitrogens with one attached hydrogen (secondary N) is 1. The van der Waals surface area contributed by atoms with Gasteiger partial charge in [-0.2, -0.15) is 5.10 Å². The summed E-state index contributed by atoms with van der Waals surface area (Å²) < 4.78 is 2.85. The summed E-state index contributed by atoms with van der Waals surface area (Å²) in [7, 11) is 0. The highest BCUT2D eigenvalue weighted by Gasteiger charge is 2.15. The van der Waals surface area contributed by atoms with Crippen LogP contribution in [0.5, 0.6) is 0 Å². The summed E-state index contributed by atoms with van der Waals surface area (Å²) in [5.74, 6) is 0.983. The van der Waals surface area contributed by atoms with Gasteiger partial charge in [-0.1, -0.05) is 0 Å². The molecule has 0 bridgehead atoms. The molecule has 0 aromatic carbocycles. The lowest BCUT2D eigenvalue weighted by molar-refractivity contribution is 0.0945. The van der Waals surface area contributed by atoms with Crippen molar-refractivity contribution < 1.29 is 4.79 Å². The van der Waals surface area contributed by atoms with Crippen LogP contribution >= 0.6 is 0 Å². The van der Waals surface area contributed by atoms with Crippen LogP contribution in [-0.4, -0.2) is 55.3 Å². The van der Waals surface area contributed by atoms with Crippen LogP contribution in [0.4, 0.5) is 5.82 Å². The number of hydrogen-bond acceptors (Lipinski definition) is 7. The van der Waals surface area contributed by atoms with E-state index in [9.17, 15) is 9.59 Å². The quantitative estimate of drug-likeness (QED) is 0.652. The minimum Gasteiger partial charge on any atom is -0.355 e. The molecule has 1 amide bonds. The Kier molecular flexibility index (Phi) is 5.09. The van der Waals surface area contributed by atoms with Gasteiger partial charge in [0.2, 0.25) is 0 Å². The van der Waals surface area contributed by atoms with Crippen LogP contribution < -0.4 is 15.8 Å². The fraction of sp³-hybridized carbons (Fsp3) is 0.333. The van der Waals surface area contributed by atoms with Crippen molar-refractivity contribution in [2.45, 2.75) is 19.4 Å². The van der Waals surface area contributed by atoms with Crippen LogP contribution in [0.2, 0.25) is 0 Å². The first-order valence-corrected chi connectivity index (χ1v) is 9.16. The van der Waals surface area contributed by atoms with Gasteiger partial charge in [-0.05, 0) is 37.1 Å². The maximum absolute atomic E-state index is 12.3. The van der Waals surface area contributed by atoms with Crippen molar-refractivity contribution in [1.82, 2.24) is 35.1 Å². The molecule has 0 unspecified atom stereocenters. The number of rotatable bonds is 6. The second kappa shape index (κ2) is 7.99. The van der Waals surface area contributed by atoms with E-state index in [0.717, 1.165) is 31.7 Å². The summed E-state index contributed by atoms with van der Waals surface area (Å²) in [5.41, 5.74) is -0.00606. The van der Waals surface area contributed by atoms with E-state index in [1.54, 1.807) is 35.3 Å². The molecule has 1 saturated heterocycles. The van der Waals surface area contributed by atoms with Gasteiger partial charge in [-0.15, -0.1) is 15.3 Å². The van der Waals surface area contributed by atoms with Crippen molar-refractivity contribution in [2.75, 3.05) is 24.5 Å². The van der Waals surface area contributed by atoms with E-state index in [1.165, 1.54) is 10.7 Å². The Labute approximate surface area is 160 Å². The fourth-order valence-electron chi connectivity index (χ4n) is 3.05. The molecular weight excluding hydrogens is 360 g/mol. The highest BCUT2D eigenvalue weighted by molar-refractivity contribution is 5.92. The molecule has 0 radical (unpaired) electrons. The summed E-state index contributed by atoms with van der Waals surface area (Å²) in [6.45, 7) is 2.42. The zero-order valence-corrected chi connectivity index (χ0v) is 15.2. The molecule has 0 spiro atoms. The van der Waals surface area contributed by atoms with E-state index in [-0.39, 0.29) is 30.2 Å². The van der Waals surface area contributed by atoms with Crippen molar-refractivity contribution >= 4 is 11.7 Å². The zero-order valence-electron chi connectivity index (χ0n) is 15.2. The SMILES string of the molecule is O=C(NCCn1nc(-n2cccn2)ccc1=O)c1ccc(N2CCCC2)nn1. The Hall–Kier alpha value is -3.56. The van der Waals surface area contributed by atoms with Gasteiger partial charge in [0, 0.05) is 38.1 Å². The highest BCUT2D eigenvalue weighted by atomic mass is 16.2. The standard InChI is InChI=1S/C18H20N8O2/c27-17-7-6-16(25-12-3-8-20-25)23-26(17)13-9-19-18(28)14-4-5-15(22-21-14)24-10-1-2-11-24/h3-8,12H,1-2,9-11,13H2,(H,19,28). The van der Waals surface area contributed by atoms with Gasteiger partial charge in [-0.3, -0.25) is 9.59 Å². The van der Waals surface area contributed by atoms with Crippen LogP contribution in [0, 0.1) is 0 Å². The highest BCUT2D eigenvalue weighted by Crippen LogP contribution is 2.16. The van der Waals surface area contributed by atoms with Gasteiger partial charge >= 0.3 is 0 Å². The smallest absolute Gasteiger partial charge is 0.271 e. The summed E-state index contributed by atoms with van der Waals surface area (Å²) in [4.78, 5) is 26.4. The monoisotopic (exact) mass is 380 g/mol.